The summed E-state index contributed by atoms with van der Waals surface area (Å²) in [5.41, 5.74) is -0.200. The largest absolute Gasteiger partial charge is 0.466 e. The molecule has 1 heterocycles. The van der Waals surface area contributed by atoms with Crippen LogP contribution >= 0.6 is 11.6 Å². The molecular weight excluding hydrogens is 346 g/mol. The van der Waals surface area contributed by atoms with Crippen LogP contribution in [0.4, 0.5) is 5.82 Å². The first-order valence-electron chi connectivity index (χ1n) is 7.96. The molecule has 0 aliphatic carbocycles. The summed E-state index contributed by atoms with van der Waals surface area (Å²) in [7, 11) is 0. The van der Waals surface area contributed by atoms with Crippen LogP contribution in [0.1, 0.15) is 31.9 Å². The number of anilines is 1. The number of aromatic amines is 1. The average molecular weight is 366 g/mol. The molecule has 0 aliphatic heterocycles. The third-order valence-electron chi connectivity index (χ3n) is 3.59. The minimum atomic E-state index is -0.515. The van der Waals surface area contributed by atoms with Gasteiger partial charge in [0.15, 0.2) is 0 Å². The summed E-state index contributed by atoms with van der Waals surface area (Å²) < 4.78 is 6.07. The van der Waals surface area contributed by atoms with Crippen LogP contribution in [0.5, 0.6) is 0 Å². The van der Waals surface area contributed by atoms with E-state index >= 15 is 0 Å². The summed E-state index contributed by atoms with van der Waals surface area (Å²) in [6.45, 7) is 3.97. The second kappa shape index (κ2) is 8.53. The topological polar surface area (TPSA) is 93.2 Å². The zero-order chi connectivity index (χ0) is 18.4. The van der Waals surface area contributed by atoms with Crippen molar-refractivity contribution in [3.05, 3.63) is 61.8 Å². The van der Waals surface area contributed by atoms with E-state index in [-0.39, 0.29) is 25.4 Å². The van der Waals surface area contributed by atoms with Gasteiger partial charge in [0.05, 0.1) is 19.1 Å². The number of aromatic nitrogens is 2. The number of halogens is 1. The van der Waals surface area contributed by atoms with Crippen LogP contribution in [0.3, 0.4) is 0 Å². The zero-order valence-corrected chi connectivity index (χ0v) is 14.8. The van der Waals surface area contributed by atoms with Crippen molar-refractivity contribution in [1.29, 1.82) is 0 Å². The monoisotopic (exact) mass is 365 g/mol. The molecule has 0 saturated heterocycles. The second-order valence-electron chi connectivity index (χ2n) is 5.33. The summed E-state index contributed by atoms with van der Waals surface area (Å²) in [4.78, 5) is 38.4. The number of esters is 1. The predicted octanol–water partition coefficient (Wildman–Crippen LogP) is 2.32. The molecule has 2 rings (SSSR count). The van der Waals surface area contributed by atoms with Crippen molar-refractivity contribution in [2.75, 3.05) is 11.9 Å². The fourth-order valence-electron chi connectivity index (χ4n) is 2.45. The number of benzene rings is 1. The Kier molecular flexibility index (Phi) is 6.41. The third kappa shape index (κ3) is 4.96. The SMILES string of the molecule is CCOC(=O)C[C@@H](Nc1cc(=O)n(CC)c(=O)[nH]1)c1cccc(Cl)c1. The van der Waals surface area contributed by atoms with Crippen LogP contribution in [0.15, 0.2) is 39.9 Å². The summed E-state index contributed by atoms with van der Waals surface area (Å²) >= 11 is 6.02. The number of ether oxygens (including phenoxy) is 1. The van der Waals surface area contributed by atoms with Gasteiger partial charge in [-0.3, -0.25) is 19.1 Å². The fourth-order valence-corrected chi connectivity index (χ4v) is 2.65. The summed E-state index contributed by atoms with van der Waals surface area (Å²) in [5, 5.41) is 3.53. The molecule has 7 nitrogen and oxygen atoms in total. The number of hydrogen-bond donors (Lipinski definition) is 2. The lowest BCUT2D eigenvalue weighted by atomic mass is 10.0. The Morgan fingerprint density at radius 1 is 1.32 bits per heavy atom. The third-order valence-corrected chi connectivity index (χ3v) is 3.83. The van der Waals surface area contributed by atoms with Crippen LogP contribution in [-0.2, 0) is 16.1 Å². The highest BCUT2D eigenvalue weighted by Crippen LogP contribution is 2.24. The number of hydrogen-bond acceptors (Lipinski definition) is 5. The maximum Gasteiger partial charge on any atom is 0.329 e. The maximum atomic E-state index is 12.0. The number of carbonyl (C=O) groups excluding carboxylic acids is 1. The van der Waals surface area contributed by atoms with E-state index in [9.17, 15) is 14.4 Å². The van der Waals surface area contributed by atoms with Gasteiger partial charge in [-0.2, -0.15) is 0 Å². The van der Waals surface area contributed by atoms with Gasteiger partial charge in [-0.15, -0.1) is 0 Å². The molecule has 1 atom stereocenters. The molecule has 8 heteroatoms. The average Bonchev–Trinajstić information content (AvgIpc) is 2.54. The summed E-state index contributed by atoms with van der Waals surface area (Å²) in [6, 6.07) is 7.77. The highest BCUT2D eigenvalue weighted by atomic mass is 35.5. The number of nitrogens with one attached hydrogen (secondary N) is 2. The molecule has 0 unspecified atom stereocenters. The highest BCUT2D eigenvalue weighted by molar-refractivity contribution is 6.30. The lowest BCUT2D eigenvalue weighted by Crippen LogP contribution is -2.35. The van der Waals surface area contributed by atoms with Crippen molar-refractivity contribution in [3.8, 4) is 0 Å². The molecule has 0 bridgehead atoms. The van der Waals surface area contributed by atoms with Crippen molar-refractivity contribution >= 4 is 23.4 Å². The number of rotatable bonds is 7. The number of H-pyrrole nitrogens is 1. The van der Waals surface area contributed by atoms with Crippen LogP contribution < -0.4 is 16.6 Å². The van der Waals surface area contributed by atoms with Crippen molar-refractivity contribution in [1.82, 2.24) is 9.55 Å². The van der Waals surface area contributed by atoms with Gasteiger partial charge in [-0.1, -0.05) is 23.7 Å². The smallest absolute Gasteiger partial charge is 0.329 e. The van der Waals surface area contributed by atoms with Gasteiger partial charge in [0.2, 0.25) is 0 Å². The minimum Gasteiger partial charge on any atom is -0.466 e. The predicted molar refractivity (Wildman–Crippen MR) is 96.1 cm³/mol. The van der Waals surface area contributed by atoms with Crippen molar-refractivity contribution in [3.63, 3.8) is 0 Å². The first-order chi connectivity index (χ1) is 11.9. The van der Waals surface area contributed by atoms with Crippen LogP contribution in [0.2, 0.25) is 5.02 Å². The Morgan fingerprint density at radius 2 is 2.08 bits per heavy atom. The molecule has 1 aromatic carbocycles. The maximum absolute atomic E-state index is 12.0. The lowest BCUT2D eigenvalue weighted by molar-refractivity contribution is -0.143. The minimum absolute atomic E-state index is 0.0209. The molecule has 0 fully saturated rings. The normalized spacial score (nSPS) is 11.8. The Balaban J connectivity index is 2.34. The molecule has 1 aromatic heterocycles. The van der Waals surface area contributed by atoms with E-state index in [0.717, 1.165) is 10.1 Å². The van der Waals surface area contributed by atoms with Crippen LogP contribution in [0.25, 0.3) is 0 Å². The molecule has 2 N–H and O–H groups in total. The van der Waals surface area contributed by atoms with E-state index in [1.54, 1.807) is 38.1 Å². The van der Waals surface area contributed by atoms with E-state index < -0.39 is 23.3 Å². The van der Waals surface area contributed by atoms with Crippen LogP contribution in [0, 0.1) is 0 Å². The van der Waals surface area contributed by atoms with Crippen molar-refractivity contribution in [2.24, 2.45) is 0 Å². The first kappa shape index (κ1) is 18.8. The Morgan fingerprint density at radius 3 is 2.68 bits per heavy atom. The number of nitrogens with zero attached hydrogens (tertiary/aromatic N) is 1. The molecule has 0 saturated carbocycles. The summed E-state index contributed by atoms with van der Waals surface area (Å²) in [6.07, 6.45) is 0.0209. The standard InChI is InChI=1S/C17H20ClN3O4/c1-3-21-15(22)10-14(20-17(21)24)19-13(9-16(23)25-4-2)11-6-5-7-12(18)8-11/h5-8,10,13,19H,3-4,9H2,1-2H3,(H,20,24)/t13-/m1/s1. The second-order valence-corrected chi connectivity index (χ2v) is 5.77. The van der Waals surface area contributed by atoms with Crippen LogP contribution in [-0.4, -0.2) is 22.1 Å². The van der Waals surface area contributed by atoms with E-state index in [2.05, 4.69) is 10.3 Å². The molecule has 0 amide bonds. The molecule has 0 spiro atoms. The lowest BCUT2D eigenvalue weighted by Gasteiger charge is -2.20. The molecule has 25 heavy (non-hydrogen) atoms. The van der Waals surface area contributed by atoms with Gasteiger partial charge in [-0.25, -0.2) is 4.79 Å². The highest BCUT2D eigenvalue weighted by Gasteiger charge is 2.18. The van der Waals surface area contributed by atoms with Gasteiger partial charge < -0.3 is 10.1 Å². The molecule has 0 radical (unpaired) electrons. The zero-order valence-electron chi connectivity index (χ0n) is 14.0. The first-order valence-corrected chi connectivity index (χ1v) is 8.34. The van der Waals surface area contributed by atoms with Crippen molar-refractivity contribution < 1.29 is 9.53 Å². The Labute approximate surface area is 149 Å². The van der Waals surface area contributed by atoms with Crippen molar-refractivity contribution in [2.45, 2.75) is 32.9 Å². The van der Waals surface area contributed by atoms with Gasteiger partial charge in [0.1, 0.15) is 5.82 Å². The molecule has 134 valence electrons. The van der Waals surface area contributed by atoms with Gasteiger partial charge in [0.25, 0.3) is 5.56 Å². The van der Waals surface area contributed by atoms with Gasteiger partial charge >= 0.3 is 11.7 Å². The quantitative estimate of drug-likeness (QED) is 0.734. The molecular formula is C17H20ClN3O4. The van der Waals surface area contributed by atoms with Gasteiger partial charge in [0, 0.05) is 17.6 Å². The Bertz CT molecular complexity index is 828. The Hall–Kier alpha value is -2.54. The fraction of sp³-hybridized carbons (Fsp3) is 0.353. The number of carbonyl (C=O) groups is 1. The summed E-state index contributed by atoms with van der Waals surface area (Å²) in [5.74, 6) is -0.168. The van der Waals surface area contributed by atoms with E-state index in [0.29, 0.717) is 5.02 Å². The van der Waals surface area contributed by atoms with E-state index in [1.807, 2.05) is 0 Å². The molecule has 2 aromatic rings. The van der Waals surface area contributed by atoms with E-state index in [4.69, 9.17) is 16.3 Å². The molecule has 0 aliphatic rings. The van der Waals surface area contributed by atoms with E-state index in [1.165, 1.54) is 6.07 Å². The van der Waals surface area contributed by atoms with Gasteiger partial charge in [-0.05, 0) is 31.5 Å².